The largest absolute Gasteiger partial charge is 0.297 e. The fourth-order valence-electron chi connectivity index (χ4n) is 2.61. The van der Waals surface area contributed by atoms with Crippen molar-refractivity contribution >= 4 is 0 Å². The first-order valence-electron chi connectivity index (χ1n) is 8.52. The molecular weight excluding hydrogens is 242 g/mol. The standard InChI is InChI=1S/C19H33N/c1-4-5-6-7-8-9-13-16-20(18(2)3)17-19-14-11-10-12-15-19/h10-12,14-15,18H,4-9,13,16-17H2,1-3H3. The molecule has 0 unspecified atom stereocenters. The first-order valence-corrected chi connectivity index (χ1v) is 8.52. The zero-order valence-corrected chi connectivity index (χ0v) is 13.8. The van der Waals surface area contributed by atoms with E-state index in [1.807, 2.05) is 0 Å². The highest BCUT2D eigenvalue weighted by Gasteiger charge is 2.09. The lowest BCUT2D eigenvalue weighted by atomic mass is 10.1. The molecule has 0 amide bonds. The van der Waals surface area contributed by atoms with Gasteiger partial charge in [0.1, 0.15) is 0 Å². The summed E-state index contributed by atoms with van der Waals surface area (Å²) in [7, 11) is 0. The molecule has 0 aliphatic rings. The molecule has 0 saturated heterocycles. The van der Waals surface area contributed by atoms with Gasteiger partial charge in [-0.25, -0.2) is 0 Å². The zero-order valence-electron chi connectivity index (χ0n) is 13.8. The third kappa shape index (κ3) is 7.69. The second kappa shape index (κ2) is 10.9. The van der Waals surface area contributed by atoms with Gasteiger partial charge >= 0.3 is 0 Å². The number of unbranched alkanes of at least 4 members (excludes halogenated alkanes) is 6. The summed E-state index contributed by atoms with van der Waals surface area (Å²) in [5.74, 6) is 0. The minimum absolute atomic E-state index is 0.635. The molecule has 0 aliphatic heterocycles. The highest BCUT2D eigenvalue weighted by Crippen LogP contribution is 2.12. The van der Waals surface area contributed by atoms with E-state index >= 15 is 0 Å². The summed E-state index contributed by atoms with van der Waals surface area (Å²) in [4.78, 5) is 2.60. The predicted octanol–water partition coefficient (Wildman–Crippen LogP) is 5.65. The molecule has 20 heavy (non-hydrogen) atoms. The van der Waals surface area contributed by atoms with Crippen molar-refractivity contribution in [2.75, 3.05) is 6.54 Å². The van der Waals surface area contributed by atoms with Crippen molar-refractivity contribution < 1.29 is 0 Å². The molecule has 0 atom stereocenters. The van der Waals surface area contributed by atoms with Crippen molar-refractivity contribution in [2.45, 2.75) is 78.3 Å². The van der Waals surface area contributed by atoms with E-state index in [1.165, 1.54) is 57.1 Å². The molecule has 0 aliphatic carbocycles. The molecule has 0 aromatic heterocycles. The molecule has 1 aromatic carbocycles. The molecule has 1 rings (SSSR count). The van der Waals surface area contributed by atoms with Gasteiger partial charge in [0.25, 0.3) is 0 Å². The number of hydrogen-bond acceptors (Lipinski definition) is 1. The molecule has 0 radical (unpaired) electrons. The van der Waals surface area contributed by atoms with Crippen LogP contribution in [0.1, 0.15) is 71.3 Å². The Morgan fingerprint density at radius 1 is 0.850 bits per heavy atom. The summed E-state index contributed by atoms with van der Waals surface area (Å²) in [5.41, 5.74) is 1.43. The summed E-state index contributed by atoms with van der Waals surface area (Å²) in [6.07, 6.45) is 9.75. The summed E-state index contributed by atoms with van der Waals surface area (Å²) in [6.45, 7) is 9.23. The topological polar surface area (TPSA) is 3.24 Å². The van der Waals surface area contributed by atoms with Crippen molar-refractivity contribution in [1.82, 2.24) is 4.90 Å². The van der Waals surface area contributed by atoms with Crippen molar-refractivity contribution in [3.8, 4) is 0 Å². The lowest BCUT2D eigenvalue weighted by Gasteiger charge is -2.26. The van der Waals surface area contributed by atoms with E-state index in [0.717, 1.165) is 6.54 Å². The number of nitrogens with zero attached hydrogens (tertiary/aromatic N) is 1. The highest BCUT2D eigenvalue weighted by molar-refractivity contribution is 5.14. The molecule has 1 aromatic rings. The minimum atomic E-state index is 0.635. The maximum atomic E-state index is 2.60. The predicted molar refractivity (Wildman–Crippen MR) is 90.0 cm³/mol. The Hall–Kier alpha value is -0.820. The maximum absolute atomic E-state index is 2.60. The van der Waals surface area contributed by atoms with Crippen molar-refractivity contribution in [3.63, 3.8) is 0 Å². The summed E-state index contributed by atoms with van der Waals surface area (Å²) in [5, 5.41) is 0. The van der Waals surface area contributed by atoms with Gasteiger partial charge in [0.15, 0.2) is 0 Å². The molecule has 1 nitrogen and oxygen atoms in total. The van der Waals surface area contributed by atoms with Crippen LogP contribution in [0.2, 0.25) is 0 Å². The fourth-order valence-corrected chi connectivity index (χ4v) is 2.61. The second-order valence-electron chi connectivity index (χ2n) is 6.17. The first-order chi connectivity index (χ1) is 9.74. The molecule has 1 heteroatoms. The lowest BCUT2D eigenvalue weighted by Crippen LogP contribution is -2.31. The molecular formula is C19H33N. The van der Waals surface area contributed by atoms with Crippen LogP contribution in [0.5, 0.6) is 0 Å². The third-order valence-corrected chi connectivity index (χ3v) is 4.01. The van der Waals surface area contributed by atoms with Crippen LogP contribution < -0.4 is 0 Å². The van der Waals surface area contributed by atoms with Gasteiger partial charge < -0.3 is 0 Å². The van der Waals surface area contributed by atoms with E-state index in [1.54, 1.807) is 0 Å². The maximum Gasteiger partial charge on any atom is 0.0236 e. The van der Waals surface area contributed by atoms with E-state index in [-0.39, 0.29) is 0 Å². The smallest absolute Gasteiger partial charge is 0.0236 e. The van der Waals surface area contributed by atoms with Gasteiger partial charge in [0.2, 0.25) is 0 Å². The summed E-state index contributed by atoms with van der Waals surface area (Å²) in [6, 6.07) is 11.5. The van der Waals surface area contributed by atoms with Gasteiger partial charge in [-0.3, -0.25) is 4.90 Å². The normalized spacial score (nSPS) is 11.4. The van der Waals surface area contributed by atoms with E-state index in [9.17, 15) is 0 Å². The van der Waals surface area contributed by atoms with E-state index in [0.29, 0.717) is 6.04 Å². The van der Waals surface area contributed by atoms with Crippen LogP contribution in [0.4, 0.5) is 0 Å². The van der Waals surface area contributed by atoms with Crippen LogP contribution >= 0.6 is 0 Å². The molecule has 114 valence electrons. The quantitative estimate of drug-likeness (QED) is 0.472. The average Bonchev–Trinajstić information content (AvgIpc) is 2.46. The van der Waals surface area contributed by atoms with Crippen molar-refractivity contribution in [2.24, 2.45) is 0 Å². The van der Waals surface area contributed by atoms with Gasteiger partial charge in [-0.15, -0.1) is 0 Å². The Kier molecular flexibility index (Phi) is 9.40. The van der Waals surface area contributed by atoms with Crippen LogP contribution in [0, 0.1) is 0 Å². The monoisotopic (exact) mass is 275 g/mol. The number of hydrogen-bond donors (Lipinski definition) is 0. The Balaban J connectivity index is 2.19. The van der Waals surface area contributed by atoms with Gasteiger partial charge in [0.05, 0.1) is 0 Å². The highest BCUT2D eigenvalue weighted by atomic mass is 15.1. The van der Waals surface area contributed by atoms with E-state index in [4.69, 9.17) is 0 Å². The zero-order chi connectivity index (χ0) is 14.6. The van der Waals surface area contributed by atoms with Gasteiger partial charge in [-0.05, 0) is 32.4 Å². The van der Waals surface area contributed by atoms with Crippen molar-refractivity contribution in [1.29, 1.82) is 0 Å². The Bertz CT molecular complexity index is 318. The van der Waals surface area contributed by atoms with E-state index < -0.39 is 0 Å². The molecule has 0 spiro atoms. The summed E-state index contributed by atoms with van der Waals surface area (Å²) < 4.78 is 0. The molecule has 0 fully saturated rings. The molecule has 0 heterocycles. The van der Waals surface area contributed by atoms with Crippen molar-refractivity contribution in [3.05, 3.63) is 35.9 Å². The fraction of sp³-hybridized carbons (Fsp3) is 0.684. The molecule has 0 bridgehead atoms. The van der Waals surface area contributed by atoms with Gasteiger partial charge in [0, 0.05) is 12.6 Å². The molecule has 0 N–H and O–H groups in total. The Morgan fingerprint density at radius 3 is 2.05 bits per heavy atom. The minimum Gasteiger partial charge on any atom is -0.297 e. The lowest BCUT2D eigenvalue weighted by molar-refractivity contribution is 0.208. The van der Waals surface area contributed by atoms with Crippen LogP contribution in [0.15, 0.2) is 30.3 Å². The second-order valence-corrected chi connectivity index (χ2v) is 6.17. The first kappa shape index (κ1) is 17.2. The molecule has 0 saturated carbocycles. The Labute approximate surface area is 126 Å². The van der Waals surface area contributed by atoms with Gasteiger partial charge in [-0.1, -0.05) is 75.8 Å². The van der Waals surface area contributed by atoms with E-state index in [2.05, 4.69) is 56.0 Å². The number of rotatable bonds is 11. The third-order valence-electron chi connectivity index (χ3n) is 4.01. The summed E-state index contributed by atoms with van der Waals surface area (Å²) >= 11 is 0. The van der Waals surface area contributed by atoms with Crippen LogP contribution in [0.25, 0.3) is 0 Å². The SMILES string of the molecule is CCCCCCCCCN(Cc1ccccc1)C(C)C. The van der Waals surface area contributed by atoms with Crippen LogP contribution in [0.3, 0.4) is 0 Å². The Morgan fingerprint density at radius 2 is 1.45 bits per heavy atom. The van der Waals surface area contributed by atoms with Crippen LogP contribution in [-0.4, -0.2) is 17.5 Å². The van der Waals surface area contributed by atoms with Crippen LogP contribution in [-0.2, 0) is 6.54 Å². The average molecular weight is 275 g/mol. The van der Waals surface area contributed by atoms with Gasteiger partial charge in [-0.2, -0.15) is 0 Å². The number of benzene rings is 1.